The average molecular weight is 127 g/mol. The Morgan fingerprint density at radius 2 is 2.00 bits per heavy atom. The number of rotatable bonds is 1. The average Bonchev–Trinajstić information content (AvgIpc) is 2.36. The van der Waals surface area contributed by atoms with Gasteiger partial charge in [-0.2, -0.15) is 5.26 Å². The SMILES string of the molecule is N#CC1(OO)CCCC1. The van der Waals surface area contributed by atoms with Crippen LogP contribution in [0.5, 0.6) is 0 Å². The lowest BCUT2D eigenvalue weighted by Crippen LogP contribution is -2.24. The monoisotopic (exact) mass is 127 g/mol. The molecule has 0 spiro atoms. The minimum absolute atomic E-state index is 0.667. The lowest BCUT2D eigenvalue weighted by Gasteiger charge is -2.13. The summed E-state index contributed by atoms with van der Waals surface area (Å²) in [6.07, 6.45) is 3.29. The lowest BCUT2D eigenvalue weighted by molar-refractivity contribution is -0.302. The maximum Gasteiger partial charge on any atom is 0.188 e. The van der Waals surface area contributed by atoms with Crippen LogP contribution >= 0.6 is 0 Å². The Balaban J connectivity index is 2.59. The highest BCUT2D eigenvalue weighted by Gasteiger charge is 2.35. The normalized spacial score (nSPS) is 23.6. The second-order valence-corrected chi connectivity index (χ2v) is 2.40. The molecule has 1 rings (SSSR count). The first-order chi connectivity index (χ1) is 4.33. The second kappa shape index (κ2) is 2.34. The van der Waals surface area contributed by atoms with Gasteiger partial charge in [-0.05, 0) is 25.7 Å². The molecule has 1 fully saturated rings. The van der Waals surface area contributed by atoms with Gasteiger partial charge in [0, 0.05) is 0 Å². The van der Waals surface area contributed by atoms with E-state index < -0.39 is 5.60 Å². The Labute approximate surface area is 53.8 Å². The molecule has 1 N–H and O–H groups in total. The van der Waals surface area contributed by atoms with E-state index in [0.717, 1.165) is 12.8 Å². The van der Waals surface area contributed by atoms with Crippen LogP contribution in [0, 0.1) is 11.3 Å². The van der Waals surface area contributed by atoms with E-state index in [2.05, 4.69) is 4.89 Å². The van der Waals surface area contributed by atoms with Crippen LogP contribution in [0.15, 0.2) is 0 Å². The first kappa shape index (κ1) is 6.53. The van der Waals surface area contributed by atoms with E-state index in [-0.39, 0.29) is 0 Å². The van der Waals surface area contributed by atoms with Crippen LogP contribution in [0.2, 0.25) is 0 Å². The van der Waals surface area contributed by atoms with Crippen molar-refractivity contribution in [1.29, 1.82) is 5.26 Å². The first-order valence-electron chi connectivity index (χ1n) is 3.07. The van der Waals surface area contributed by atoms with Crippen molar-refractivity contribution >= 4 is 0 Å². The highest BCUT2D eigenvalue weighted by Crippen LogP contribution is 2.31. The largest absolute Gasteiger partial charge is 0.250 e. The summed E-state index contributed by atoms with van der Waals surface area (Å²) >= 11 is 0. The van der Waals surface area contributed by atoms with Crippen LogP contribution in [0.25, 0.3) is 0 Å². The predicted octanol–water partition coefficient (Wildman–Crippen LogP) is 1.31. The van der Waals surface area contributed by atoms with Crippen LogP contribution in [0.1, 0.15) is 25.7 Å². The number of nitrogens with zero attached hydrogens (tertiary/aromatic N) is 1. The predicted molar refractivity (Wildman–Crippen MR) is 30.5 cm³/mol. The van der Waals surface area contributed by atoms with Crippen molar-refractivity contribution in [1.82, 2.24) is 0 Å². The van der Waals surface area contributed by atoms with Crippen LogP contribution in [0.4, 0.5) is 0 Å². The van der Waals surface area contributed by atoms with E-state index in [1.165, 1.54) is 0 Å². The van der Waals surface area contributed by atoms with Gasteiger partial charge < -0.3 is 0 Å². The van der Waals surface area contributed by atoms with Crippen molar-refractivity contribution in [2.24, 2.45) is 0 Å². The molecule has 1 aliphatic rings. The third-order valence-electron chi connectivity index (χ3n) is 1.79. The minimum atomic E-state index is -0.861. The van der Waals surface area contributed by atoms with Gasteiger partial charge >= 0.3 is 0 Å². The standard InChI is InChI=1S/C6H9NO2/c7-5-6(9-8)3-1-2-4-6/h8H,1-4H2. The van der Waals surface area contributed by atoms with E-state index in [0.29, 0.717) is 12.8 Å². The van der Waals surface area contributed by atoms with Gasteiger partial charge in [0.25, 0.3) is 0 Å². The van der Waals surface area contributed by atoms with Crippen molar-refractivity contribution in [2.45, 2.75) is 31.3 Å². The highest BCUT2D eigenvalue weighted by atomic mass is 17.1. The molecule has 9 heavy (non-hydrogen) atoms. The summed E-state index contributed by atoms with van der Waals surface area (Å²) in [6, 6.07) is 1.95. The summed E-state index contributed by atoms with van der Waals surface area (Å²) in [4.78, 5) is 4.09. The highest BCUT2D eigenvalue weighted by molar-refractivity contribution is 5.03. The molecule has 50 valence electrons. The molecule has 0 unspecified atom stereocenters. The molecule has 1 aliphatic carbocycles. The van der Waals surface area contributed by atoms with Crippen molar-refractivity contribution < 1.29 is 10.1 Å². The molecule has 0 bridgehead atoms. The fraction of sp³-hybridized carbons (Fsp3) is 0.833. The van der Waals surface area contributed by atoms with Crippen molar-refractivity contribution in [3.63, 3.8) is 0 Å². The summed E-state index contributed by atoms with van der Waals surface area (Å²) in [6.45, 7) is 0. The fourth-order valence-electron chi connectivity index (χ4n) is 1.17. The zero-order valence-electron chi connectivity index (χ0n) is 5.13. The molecule has 0 aromatic heterocycles. The fourth-order valence-corrected chi connectivity index (χ4v) is 1.17. The summed E-state index contributed by atoms with van der Waals surface area (Å²) in [7, 11) is 0. The Hall–Kier alpha value is -0.590. The van der Waals surface area contributed by atoms with Crippen molar-refractivity contribution in [2.75, 3.05) is 0 Å². The molecule has 0 heterocycles. The molecule has 3 nitrogen and oxygen atoms in total. The smallest absolute Gasteiger partial charge is 0.188 e. The van der Waals surface area contributed by atoms with Crippen LogP contribution in [0.3, 0.4) is 0 Å². The minimum Gasteiger partial charge on any atom is -0.250 e. The lowest BCUT2D eigenvalue weighted by atomic mass is 10.1. The molecule has 0 aromatic rings. The maximum atomic E-state index is 8.48. The summed E-state index contributed by atoms with van der Waals surface area (Å²) < 4.78 is 0. The third-order valence-corrected chi connectivity index (χ3v) is 1.79. The zero-order valence-corrected chi connectivity index (χ0v) is 5.13. The van der Waals surface area contributed by atoms with Gasteiger partial charge in [-0.15, -0.1) is 0 Å². The number of hydrogen-bond acceptors (Lipinski definition) is 3. The van der Waals surface area contributed by atoms with Gasteiger partial charge in [0.2, 0.25) is 0 Å². The van der Waals surface area contributed by atoms with E-state index in [1.54, 1.807) is 0 Å². The molecule has 0 saturated heterocycles. The quantitative estimate of drug-likeness (QED) is 0.426. The van der Waals surface area contributed by atoms with Gasteiger partial charge in [0.05, 0.1) is 0 Å². The van der Waals surface area contributed by atoms with Crippen LogP contribution in [-0.4, -0.2) is 10.9 Å². The maximum absolute atomic E-state index is 8.48. The van der Waals surface area contributed by atoms with Gasteiger partial charge in [0.1, 0.15) is 6.07 Å². The van der Waals surface area contributed by atoms with Gasteiger partial charge in [0.15, 0.2) is 5.60 Å². The summed E-state index contributed by atoms with van der Waals surface area (Å²) in [5, 5.41) is 16.8. The summed E-state index contributed by atoms with van der Waals surface area (Å²) in [5.74, 6) is 0. The van der Waals surface area contributed by atoms with E-state index >= 15 is 0 Å². The molecule has 0 amide bonds. The molecule has 0 aromatic carbocycles. The Kier molecular flexibility index (Phi) is 1.70. The van der Waals surface area contributed by atoms with Gasteiger partial charge in [-0.1, -0.05) is 0 Å². The number of hydrogen-bond donors (Lipinski definition) is 1. The van der Waals surface area contributed by atoms with Crippen molar-refractivity contribution in [3.05, 3.63) is 0 Å². The Morgan fingerprint density at radius 3 is 2.22 bits per heavy atom. The molecule has 1 saturated carbocycles. The molecule has 3 heteroatoms. The van der Waals surface area contributed by atoms with E-state index in [4.69, 9.17) is 10.5 Å². The molecule has 0 aliphatic heterocycles. The number of nitriles is 1. The third kappa shape index (κ3) is 1.04. The second-order valence-electron chi connectivity index (χ2n) is 2.40. The topological polar surface area (TPSA) is 53.2 Å². The Morgan fingerprint density at radius 1 is 1.44 bits per heavy atom. The van der Waals surface area contributed by atoms with E-state index in [1.807, 2.05) is 6.07 Å². The van der Waals surface area contributed by atoms with Gasteiger partial charge in [-0.3, -0.25) is 5.26 Å². The molecule has 0 atom stereocenters. The van der Waals surface area contributed by atoms with E-state index in [9.17, 15) is 0 Å². The summed E-state index contributed by atoms with van der Waals surface area (Å²) in [5.41, 5.74) is -0.861. The Bertz CT molecular complexity index is 132. The molecular weight excluding hydrogens is 118 g/mol. The first-order valence-corrected chi connectivity index (χ1v) is 3.07. The molecule has 0 radical (unpaired) electrons. The molecular formula is C6H9NO2. The zero-order chi connectivity index (χ0) is 6.74. The van der Waals surface area contributed by atoms with Crippen LogP contribution in [-0.2, 0) is 4.89 Å². The van der Waals surface area contributed by atoms with Crippen molar-refractivity contribution in [3.8, 4) is 6.07 Å². The van der Waals surface area contributed by atoms with Gasteiger partial charge in [-0.25, -0.2) is 4.89 Å². The van der Waals surface area contributed by atoms with Crippen LogP contribution < -0.4 is 0 Å².